The predicted molar refractivity (Wildman–Crippen MR) is 132 cm³/mol. The monoisotopic (exact) mass is 497 g/mol. The first-order valence-electron chi connectivity index (χ1n) is 12.7. The van der Waals surface area contributed by atoms with Crippen LogP contribution in [-0.4, -0.2) is 43.2 Å². The number of phenols is 1. The van der Waals surface area contributed by atoms with Crippen LogP contribution in [0.25, 0.3) is 0 Å². The van der Waals surface area contributed by atoms with Crippen LogP contribution in [0.5, 0.6) is 11.5 Å². The number of Topliss-reactive ketones (excluding diaryl/α,β-unsaturated/α-hetero) is 1. The van der Waals surface area contributed by atoms with E-state index in [4.69, 9.17) is 14.2 Å². The lowest BCUT2D eigenvalue weighted by Crippen LogP contribution is -2.43. The molecule has 1 aliphatic heterocycles. The third kappa shape index (κ3) is 4.86. The van der Waals surface area contributed by atoms with Crippen molar-refractivity contribution in [2.24, 2.45) is 11.8 Å². The number of carbonyl (C=O) groups is 3. The van der Waals surface area contributed by atoms with Crippen LogP contribution in [-0.2, 0) is 23.9 Å². The first-order valence-corrected chi connectivity index (χ1v) is 12.7. The van der Waals surface area contributed by atoms with E-state index in [9.17, 15) is 19.5 Å². The van der Waals surface area contributed by atoms with E-state index >= 15 is 0 Å². The number of hydrogen-bond donors (Lipinski definition) is 2. The lowest BCUT2D eigenvalue weighted by Gasteiger charge is -2.38. The average molecular weight is 498 g/mol. The van der Waals surface area contributed by atoms with Gasteiger partial charge >= 0.3 is 11.9 Å². The Kier molecular flexibility index (Phi) is 7.71. The summed E-state index contributed by atoms with van der Waals surface area (Å²) in [4.78, 5) is 40.0. The number of esters is 2. The summed E-state index contributed by atoms with van der Waals surface area (Å²) in [5.74, 6) is -3.33. The maximum atomic E-state index is 13.8. The van der Waals surface area contributed by atoms with Gasteiger partial charge in [-0.2, -0.15) is 0 Å². The minimum Gasteiger partial charge on any atom is -0.504 e. The number of ether oxygens (including phenoxy) is 3. The van der Waals surface area contributed by atoms with Gasteiger partial charge in [0.05, 0.1) is 19.8 Å². The van der Waals surface area contributed by atoms with Gasteiger partial charge < -0.3 is 24.6 Å². The Labute approximate surface area is 211 Å². The maximum absolute atomic E-state index is 13.8. The van der Waals surface area contributed by atoms with Crippen molar-refractivity contribution in [2.45, 2.75) is 70.8 Å². The quantitative estimate of drug-likeness (QED) is 0.352. The third-order valence-electron chi connectivity index (χ3n) is 7.58. The lowest BCUT2D eigenvalue weighted by molar-refractivity contribution is -0.151. The number of aromatic hydroxyl groups is 1. The lowest BCUT2D eigenvalue weighted by atomic mass is 9.69. The van der Waals surface area contributed by atoms with E-state index in [-0.39, 0.29) is 29.3 Å². The van der Waals surface area contributed by atoms with Gasteiger partial charge in [0.2, 0.25) is 0 Å². The van der Waals surface area contributed by atoms with Gasteiger partial charge in [-0.05, 0) is 62.6 Å². The van der Waals surface area contributed by atoms with Crippen LogP contribution in [0.3, 0.4) is 0 Å². The molecule has 0 radical (unpaired) electrons. The largest absolute Gasteiger partial charge is 0.504 e. The van der Waals surface area contributed by atoms with Gasteiger partial charge in [-0.1, -0.05) is 25.8 Å². The molecule has 0 unspecified atom stereocenters. The zero-order chi connectivity index (χ0) is 26.0. The normalized spacial score (nSPS) is 25.0. The standard InChI is InChI=1S/C28H35NO7/c1-15-13-19-25(26(31)22(15)27(32)35-4)24(17-11-12-21(34-3)20(30)14-17)23(16(2)29-19)28(33)36-18-9-7-5-6-8-10-18/h11-12,14-15,18,22,24,29-30H,5-10,13H2,1-4H3/t15-,22+,24+/m0/s1. The molecule has 2 N–H and O–H groups in total. The van der Waals surface area contributed by atoms with E-state index in [1.165, 1.54) is 20.3 Å². The second-order valence-electron chi connectivity index (χ2n) is 9.99. The molecule has 36 heavy (non-hydrogen) atoms. The van der Waals surface area contributed by atoms with Gasteiger partial charge in [0.1, 0.15) is 12.0 Å². The van der Waals surface area contributed by atoms with E-state index in [1.807, 2.05) is 6.92 Å². The van der Waals surface area contributed by atoms with E-state index in [0.717, 1.165) is 38.5 Å². The molecule has 4 rings (SSSR count). The summed E-state index contributed by atoms with van der Waals surface area (Å²) in [5, 5.41) is 13.8. The van der Waals surface area contributed by atoms with Crippen molar-refractivity contribution in [1.29, 1.82) is 0 Å². The van der Waals surface area contributed by atoms with Gasteiger partial charge in [0.15, 0.2) is 17.3 Å². The summed E-state index contributed by atoms with van der Waals surface area (Å²) < 4.78 is 16.1. The number of rotatable bonds is 5. The Morgan fingerprint density at radius 3 is 2.39 bits per heavy atom. The number of ketones is 1. The molecule has 1 heterocycles. The highest BCUT2D eigenvalue weighted by Gasteiger charge is 2.47. The summed E-state index contributed by atoms with van der Waals surface area (Å²) >= 11 is 0. The maximum Gasteiger partial charge on any atom is 0.337 e. The average Bonchev–Trinajstić information content (AvgIpc) is 3.11. The number of nitrogens with one attached hydrogen (secondary N) is 1. The Balaban J connectivity index is 1.79. The molecule has 8 heteroatoms. The third-order valence-corrected chi connectivity index (χ3v) is 7.58. The molecular formula is C28H35NO7. The fourth-order valence-electron chi connectivity index (χ4n) is 5.75. The van der Waals surface area contributed by atoms with E-state index in [2.05, 4.69) is 5.32 Å². The van der Waals surface area contributed by atoms with Gasteiger partial charge in [-0.25, -0.2) is 4.79 Å². The van der Waals surface area contributed by atoms with Crippen LogP contribution in [0, 0.1) is 11.8 Å². The van der Waals surface area contributed by atoms with Crippen molar-refractivity contribution in [3.05, 3.63) is 46.3 Å². The topological polar surface area (TPSA) is 111 Å². The second-order valence-corrected chi connectivity index (χ2v) is 9.99. The van der Waals surface area contributed by atoms with Crippen molar-refractivity contribution >= 4 is 17.7 Å². The highest BCUT2D eigenvalue weighted by molar-refractivity contribution is 6.12. The molecule has 1 aromatic carbocycles. The molecule has 0 spiro atoms. The number of hydrogen-bond acceptors (Lipinski definition) is 8. The highest BCUT2D eigenvalue weighted by Crippen LogP contribution is 2.47. The van der Waals surface area contributed by atoms with Crippen LogP contribution in [0.1, 0.15) is 70.3 Å². The Bertz CT molecular complexity index is 1110. The van der Waals surface area contributed by atoms with Crippen molar-refractivity contribution < 1.29 is 33.7 Å². The zero-order valence-electron chi connectivity index (χ0n) is 21.4. The van der Waals surface area contributed by atoms with E-state index in [1.54, 1.807) is 19.1 Å². The molecule has 3 aliphatic rings. The van der Waals surface area contributed by atoms with Crippen LogP contribution in [0.4, 0.5) is 0 Å². The molecule has 0 aromatic heterocycles. The van der Waals surface area contributed by atoms with Gasteiger partial charge in [0.25, 0.3) is 0 Å². The van der Waals surface area contributed by atoms with Crippen molar-refractivity contribution in [3.63, 3.8) is 0 Å². The fourth-order valence-corrected chi connectivity index (χ4v) is 5.75. The summed E-state index contributed by atoms with van der Waals surface area (Å²) in [5.41, 5.74) is 2.47. The number of benzene rings is 1. The smallest absolute Gasteiger partial charge is 0.337 e. The van der Waals surface area contributed by atoms with Crippen molar-refractivity contribution in [2.75, 3.05) is 14.2 Å². The minimum absolute atomic E-state index is 0.106. The molecule has 194 valence electrons. The number of allylic oxidation sites excluding steroid dienone is 3. The molecule has 1 fully saturated rings. The molecule has 8 nitrogen and oxygen atoms in total. The van der Waals surface area contributed by atoms with Gasteiger partial charge in [-0.15, -0.1) is 0 Å². The number of carbonyl (C=O) groups excluding carboxylic acids is 3. The van der Waals surface area contributed by atoms with Crippen molar-refractivity contribution in [3.8, 4) is 11.5 Å². The Hall–Kier alpha value is -3.29. The highest BCUT2D eigenvalue weighted by atomic mass is 16.5. The first kappa shape index (κ1) is 25.8. The summed E-state index contributed by atoms with van der Waals surface area (Å²) in [7, 11) is 2.72. The van der Waals surface area contributed by atoms with Gasteiger partial charge in [0, 0.05) is 22.9 Å². The molecule has 0 amide bonds. The summed E-state index contributed by atoms with van der Waals surface area (Å²) in [6.07, 6.45) is 6.17. The van der Waals surface area contributed by atoms with Crippen LogP contribution >= 0.6 is 0 Å². The molecule has 1 saturated carbocycles. The predicted octanol–water partition coefficient (Wildman–Crippen LogP) is 4.28. The number of dihydropyridines is 1. The van der Waals surface area contributed by atoms with E-state index in [0.29, 0.717) is 34.5 Å². The Morgan fingerprint density at radius 1 is 1.08 bits per heavy atom. The molecule has 3 atom stereocenters. The van der Waals surface area contributed by atoms with E-state index < -0.39 is 23.8 Å². The number of phenolic OH excluding ortho intramolecular Hbond substituents is 1. The van der Waals surface area contributed by atoms with Crippen LogP contribution < -0.4 is 10.1 Å². The number of methoxy groups -OCH3 is 2. The molecule has 2 aliphatic carbocycles. The minimum atomic E-state index is -0.970. The first-order chi connectivity index (χ1) is 17.3. The summed E-state index contributed by atoms with van der Waals surface area (Å²) in [6, 6.07) is 4.83. The summed E-state index contributed by atoms with van der Waals surface area (Å²) in [6.45, 7) is 3.64. The second kappa shape index (κ2) is 10.8. The van der Waals surface area contributed by atoms with Crippen molar-refractivity contribution in [1.82, 2.24) is 5.32 Å². The Morgan fingerprint density at radius 2 is 1.78 bits per heavy atom. The fraction of sp³-hybridized carbons (Fsp3) is 0.536. The molecule has 0 saturated heterocycles. The molecular weight excluding hydrogens is 462 g/mol. The van der Waals surface area contributed by atoms with Crippen LogP contribution in [0.15, 0.2) is 40.7 Å². The van der Waals surface area contributed by atoms with Crippen LogP contribution in [0.2, 0.25) is 0 Å². The molecule has 0 bridgehead atoms. The zero-order valence-corrected chi connectivity index (χ0v) is 21.4. The van der Waals surface area contributed by atoms with Gasteiger partial charge in [-0.3, -0.25) is 9.59 Å². The molecule has 1 aromatic rings. The SMILES string of the molecule is COC(=O)[C@H]1C(=O)C2=C(C[C@@H]1C)NC(C)=C(C(=O)OC1CCCCCC1)[C@H]2c1ccc(OC)c(O)c1.